The summed E-state index contributed by atoms with van der Waals surface area (Å²) >= 11 is 0. The largest absolute Gasteiger partial charge is 0.383 e. The molecule has 86 valence electrons. The Labute approximate surface area is 88.6 Å². The molecule has 0 aromatic carbocycles. The number of aryl methyl sites for hydroxylation is 1. The van der Waals surface area contributed by atoms with Crippen LogP contribution in [0.4, 0.5) is 4.39 Å². The van der Waals surface area contributed by atoms with Gasteiger partial charge in [0.05, 0.1) is 19.8 Å². The number of halogens is 1. The van der Waals surface area contributed by atoms with E-state index in [0.717, 1.165) is 12.4 Å². The predicted molar refractivity (Wildman–Crippen MR) is 54.2 cm³/mol. The van der Waals surface area contributed by atoms with E-state index in [1.54, 1.807) is 11.8 Å². The van der Waals surface area contributed by atoms with Gasteiger partial charge < -0.3 is 10.1 Å². The van der Waals surface area contributed by atoms with E-state index < -0.39 is 0 Å². The molecule has 1 N–H and O–H groups in total. The molecule has 1 aromatic rings. The van der Waals surface area contributed by atoms with Gasteiger partial charge in [0.2, 0.25) is 0 Å². The lowest BCUT2D eigenvalue weighted by atomic mass is 10.4. The number of rotatable bonds is 8. The van der Waals surface area contributed by atoms with E-state index in [-0.39, 0.29) is 6.67 Å². The van der Waals surface area contributed by atoms with Gasteiger partial charge in [0.15, 0.2) is 0 Å². The SMILES string of the molecule is COCCNCc1ncnn1CCCF. The summed E-state index contributed by atoms with van der Waals surface area (Å²) in [6, 6.07) is 0. The molecular formula is C9H17FN4O. The van der Waals surface area contributed by atoms with Crippen LogP contribution in [0.15, 0.2) is 6.33 Å². The van der Waals surface area contributed by atoms with Crippen LogP contribution >= 0.6 is 0 Å². The van der Waals surface area contributed by atoms with Gasteiger partial charge in [0.25, 0.3) is 0 Å². The highest BCUT2D eigenvalue weighted by Gasteiger charge is 2.02. The maximum atomic E-state index is 12.0. The average Bonchev–Trinajstić information content (AvgIpc) is 2.69. The van der Waals surface area contributed by atoms with Crippen molar-refractivity contribution in [1.82, 2.24) is 20.1 Å². The number of hydrogen-bond acceptors (Lipinski definition) is 4. The molecule has 5 nitrogen and oxygen atoms in total. The van der Waals surface area contributed by atoms with E-state index in [1.165, 1.54) is 6.33 Å². The number of alkyl halides is 1. The first kappa shape index (κ1) is 12.1. The number of nitrogens with one attached hydrogen (secondary N) is 1. The van der Waals surface area contributed by atoms with Crippen molar-refractivity contribution in [2.75, 3.05) is 26.9 Å². The lowest BCUT2D eigenvalue weighted by molar-refractivity contribution is 0.198. The van der Waals surface area contributed by atoms with Crippen molar-refractivity contribution in [1.29, 1.82) is 0 Å². The van der Waals surface area contributed by atoms with Crippen molar-refractivity contribution in [3.8, 4) is 0 Å². The number of hydrogen-bond donors (Lipinski definition) is 1. The van der Waals surface area contributed by atoms with Gasteiger partial charge in [0, 0.05) is 20.2 Å². The summed E-state index contributed by atoms with van der Waals surface area (Å²) in [7, 11) is 1.66. The second-order valence-electron chi connectivity index (χ2n) is 3.11. The predicted octanol–water partition coefficient (Wildman–Crippen LogP) is 0.374. The molecule has 0 aliphatic carbocycles. The zero-order valence-corrected chi connectivity index (χ0v) is 8.95. The molecule has 15 heavy (non-hydrogen) atoms. The standard InChI is InChI=1S/C9H17FN4O/c1-15-6-4-11-7-9-12-8-13-14(9)5-2-3-10/h8,11H,2-7H2,1H3. The van der Waals surface area contributed by atoms with Crippen molar-refractivity contribution in [3.63, 3.8) is 0 Å². The van der Waals surface area contributed by atoms with Crippen LogP contribution in [-0.4, -0.2) is 41.7 Å². The van der Waals surface area contributed by atoms with Crippen molar-refractivity contribution < 1.29 is 9.13 Å². The monoisotopic (exact) mass is 216 g/mol. The summed E-state index contributed by atoms with van der Waals surface area (Å²) < 4.78 is 18.6. The normalized spacial score (nSPS) is 10.8. The second kappa shape index (κ2) is 7.30. The molecule has 0 unspecified atom stereocenters. The number of aromatic nitrogens is 3. The van der Waals surface area contributed by atoms with Gasteiger partial charge >= 0.3 is 0 Å². The van der Waals surface area contributed by atoms with E-state index in [4.69, 9.17) is 4.74 Å². The topological polar surface area (TPSA) is 52.0 Å². The molecule has 0 spiro atoms. The van der Waals surface area contributed by atoms with E-state index in [2.05, 4.69) is 15.4 Å². The van der Waals surface area contributed by atoms with E-state index in [0.29, 0.717) is 26.1 Å². The average molecular weight is 216 g/mol. The smallest absolute Gasteiger partial charge is 0.140 e. The fourth-order valence-corrected chi connectivity index (χ4v) is 1.20. The van der Waals surface area contributed by atoms with Crippen molar-refractivity contribution in [2.24, 2.45) is 0 Å². The molecule has 0 radical (unpaired) electrons. The van der Waals surface area contributed by atoms with E-state index >= 15 is 0 Å². The summed E-state index contributed by atoms with van der Waals surface area (Å²) in [6.45, 7) is 2.33. The van der Waals surface area contributed by atoms with Crippen molar-refractivity contribution in [2.45, 2.75) is 19.5 Å². The first-order chi connectivity index (χ1) is 7.38. The molecule has 0 amide bonds. The highest BCUT2D eigenvalue weighted by molar-refractivity contribution is 4.83. The highest BCUT2D eigenvalue weighted by Crippen LogP contribution is 1.96. The summed E-state index contributed by atoms with van der Waals surface area (Å²) in [4.78, 5) is 4.09. The Kier molecular flexibility index (Phi) is 5.87. The maximum Gasteiger partial charge on any atom is 0.140 e. The van der Waals surface area contributed by atoms with Crippen LogP contribution < -0.4 is 5.32 Å². The Balaban J connectivity index is 2.29. The van der Waals surface area contributed by atoms with Crippen LogP contribution in [0.3, 0.4) is 0 Å². The molecule has 0 saturated heterocycles. The van der Waals surface area contributed by atoms with Gasteiger partial charge in [-0.05, 0) is 6.42 Å². The Bertz CT molecular complexity index is 266. The highest BCUT2D eigenvalue weighted by atomic mass is 19.1. The van der Waals surface area contributed by atoms with Gasteiger partial charge in [-0.2, -0.15) is 5.10 Å². The van der Waals surface area contributed by atoms with Crippen LogP contribution in [-0.2, 0) is 17.8 Å². The molecule has 1 rings (SSSR count). The van der Waals surface area contributed by atoms with Crippen LogP contribution in [0.5, 0.6) is 0 Å². The van der Waals surface area contributed by atoms with Crippen LogP contribution in [0.1, 0.15) is 12.2 Å². The maximum absolute atomic E-state index is 12.0. The van der Waals surface area contributed by atoms with Crippen LogP contribution in [0, 0.1) is 0 Å². The molecule has 0 aliphatic heterocycles. The number of methoxy groups -OCH3 is 1. The summed E-state index contributed by atoms with van der Waals surface area (Å²) in [5, 5.41) is 7.18. The van der Waals surface area contributed by atoms with Crippen LogP contribution in [0.25, 0.3) is 0 Å². The van der Waals surface area contributed by atoms with E-state index in [9.17, 15) is 4.39 Å². The Hall–Kier alpha value is -1.01. The van der Waals surface area contributed by atoms with Gasteiger partial charge in [-0.3, -0.25) is 4.39 Å². The minimum atomic E-state index is -0.323. The molecule has 0 atom stereocenters. The molecule has 0 bridgehead atoms. The lowest BCUT2D eigenvalue weighted by Crippen LogP contribution is -2.21. The first-order valence-electron chi connectivity index (χ1n) is 5.00. The Morgan fingerprint density at radius 3 is 3.20 bits per heavy atom. The summed E-state index contributed by atoms with van der Waals surface area (Å²) in [6.07, 6.45) is 1.97. The van der Waals surface area contributed by atoms with Gasteiger partial charge in [-0.25, -0.2) is 9.67 Å². The Morgan fingerprint density at radius 1 is 1.60 bits per heavy atom. The molecule has 0 fully saturated rings. The first-order valence-corrected chi connectivity index (χ1v) is 5.00. The molecular weight excluding hydrogens is 199 g/mol. The van der Waals surface area contributed by atoms with Crippen molar-refractivity contribution >= 4 is 0 Å². The molecule has 1 heterocycles. The summed E-state index contributed by atoms with van der Waals surface area (Å²) in [5.41, 5.74) is 0. The molecule has 1 aromatic heterocycles. The minimum Gasteiger partial charge on any atom is -0.383 e. The van der Waals surface area contributed by atoms with Gasteiger partial charge in [-0.1, -0.05) is 0 Å². The molecule has 6 heteroatoms. The molecule has 0 aliphatic rings. The number of nitrogens with zero attached hydrogens (tertiary/aromatic N) is 3. The lowest BCUT2D eigenvalue weighted by Gasteiger charge is -2.05. The third-order valence-electron chi connectivity index (χ3n) is 1.97. The fraction of sp³-hybridized carbons (Fsp3) is 0.778. The van der Waals surface area contributed by atoms with Gasteiger partial charge in [0.1, 0.15) is 12.2 Å². The van der Waals surface area contributed by atoms with Crippen molar-refractivity contribution in [3.05, 3.63) is 12.2 Å². The Morgan fingerprint density at radius 2 is 2.47 bits per heavy atom. The minimum absolute atomic E-state index is 0.323. The zero-order valence-electron chi connectivity index (χ0n) is 8.95. The molecule has 0 saturated carbocycles. The quantitative estimate of drug-likeness (QED) is 0.638. The summed E-state index contributed by atoms with van der Waals surface area (Å²) in [5.74, 6) is 0.833. The van der Waals surface area contributed by atoms with E-state index in [1.807, 2.05) is 0 Å². The number of ether oxygens (including phenoxy) is 1. The van der Waals surface area contributed by atoms with Gasteiger partial charge in [-0.15, -0.1) is 0 Å². The third kappa shape index (κ3) is 4.35. The fourth-order valence-electron chi connectivity index (χ4n) is 1.20. The third-order valence-corrected chi connectivity index (χ3v) is 1.97. The second-order valence-corrected chi connectivity index (χ2v) is 3.11. The van der Waals surface area contributed by atoms with Crippen LogP contribution in [0.2, 0.25) is 0 Å². The zero-order chi connectivity index (χ0) is 10.9.